The average molecular weight is 159 g/mol. The number of nitrogens with two attached hydrogens (primary N) is 1. The largest absolute Gasteiger partial charge is 0.390 e. The summed E-state index contributed by atoms with van der Waals surface area (Å²) in [6, 6.07) is 0. The van der Waals surface area contributed by atoms with Gasteiger partial charge < -0.3 is 10.8 Å². The van der Waals surface area contributed by atoms with Crippen molar-refractivity contribution in [2.45, 2.75) is 51.6 Å². The molecule has 0 rings (SSSR count). The van der Waals surface area contributed by atoms with Gasteiger partial charge in [-0.15, -0.1) is 0 Å². The van der Waals surface area contributed by atoms with Crippen LogP contribution in [0.25, 0.3) is 0 Å². The van der Waals surface area contributed by atoms with Crippen LogP contribution in [0.2, 0.25) is 0 Å². The molecule has 0 heterocycles. The van der Waals surface area contributed by atoms with Crippen LogP contribution in [0.15, 0.2) is 0 Å². The zero-order valence-corrected chi connectivity index (χ0v) is 7.77. The van der Waals surface area contributed by atoms with E-state index in [9.17, 15) is 5.11 Å². The van der Waals surface area contributed by atoms with Gasteiger partial charge in [0.05, 0.1) is 5.60 Å². The third-order valence-electron chi connectivity index (χ3n) is 2.00. The molecule has 0 saturated heterocycles. The maximum atomic E-state index is 9.66. The van der Waals surface area contributed by atoms with Crippen molar-refractivity contribution in [1.82, 2.24) is 0 Å². The molecule has 68 valence electrons. The minimum atomic E-state index is -0.524. The highest BCUT2D eigenvalue weighted by molar-refractivity contribution is 4.72. The highest BCUT2D eigenvalue weighted by atomic mass is 16.3. The van der Waals surface area contributed by atoms with Crippen molar-refractivity contribution in [2.75, 3.05) is 6.54 Å². The first-order valence-electron chi connectivity index (χ1n) is 4.55. The Hall–Kier alpha value is -0.0800. The molecule has 3 N–H and O–H groups in total. The van der Waals surface area contributed by atoms with Gasteiger partial charge in [-0.25, -0.2) is 0 Å². The Morgan fingerprint density at radius 3 is 2.36 bits per heavy atom. The van der Waals surface area contributed by atoms with Crippen molar-refractivity contribution in [3.05, 3.63) is 0 Å². The fourth-order valence-electron chi connectivity index (χ4n) is 1.19. The molecule has 0 aromatic carbocycles. The predicted molar refractivity (Wildman–Crippen MR) is 48.4 cm³/mol. The number of hydrogen-bond donors (Lipinski definition) is 2. The van der Waals surface area contributed by atoms with Crippen molar-refractivity contribution >= 4 is 0 Å². The lowest BCUT2D eigenvalue weighted by Gasteiger charge is -2.21. The molecule has 0 aromatic heterocycles. The number of rotatable bonds is 6. The summed E-state index contributed by atoms with van der Waals surface area (Å²) in [5.41, 5.74) is 4.83. The van der Waals surface area contributed by atoms with Crippen LogP contribution in [0, 0.1) is 0 Å². The minimum Gasteiger partial charge on any atom is -0.390 e. The average Bonchev–Trinajstić information content (AvgIpc) is 1.87. The fraction of sp³-hybridized carbons (Fsp3) is 1.00. The number of aliphatic hydroxyl groups is 1. The first-order chi connectivity index (χ1) is 5.12. The van der Waals surface area contributed by atoms with E-state index in [1.54, 1.807) is 0 Å². The minimum absolute atomic E-state index is 0.524. The summed E-state index contributed by atoms with van der Waals surface area (Å²) in [5.74, 6) is 0. The number of hydrogen-bond acceptors (Lipinski definition) is 2. The van der Waals surface area contributed by atoms with Crippen molar-refractivity contribution in [1.29, 1.82) is 0 Å². The predicted octanol–water partition coefficient (Wildman–Crippen LogP) is 1.67. The van der Waals surface area contributed by atoms with Crippen LogP contribution in [0.5, 0.6) is 0 Å². The third kappa shape index (κ3) is 6.32. The molecule has 1 atom stereocenters. The van der Waals surface area contributed by atoms with E-state index in [0.717, 1.165) is 19.3 Å². The Balaban J connectivity index is 3.38. The molecule has 0 aliphatic heterocycles. The monoisotopic (exact) mass is 159 g/mol. The summed E-state index contributed by atoms with van der Waals surface area (Å²) in [6.07, 6.45) is 5.14. The van der Waals surface area contributed by atoms with Crippen LogP contribution in [0.4, 0.5) is 0 Å². The molecule has 2 heteroatoms. The van der Waals surface area contributed by atoms with Crippen LogP contribution in [-0.2, 0) is 0 Å². The van der Waals surface area contributed by atoms with E-state index in [4.69, 9.17) is 5.73 Å². The normalized spacial score (nSPS) is 16.4. The zero-order valence-electron chi connectivity index (χ0n) is 7.77. The Bertz CT molecular complexity index is 91.6. The van der Waals surface area contributed by atoms with Crippen molar-refractivity contribution in [3.8, 4) is 0 Å². The summed E-state index contributed by atoms with van der Waals surface area (Å²) >= 11 is 0. The lowest BCUT2D eigenvalue weighted by Crippen LogP contribution is -2.27. The SMILES string of the molecule is CCCCCC(C)(O)CCN. The van der Waals surface area contributed by atoms with Gasteiger partial charge in [0.15, 0.2) is 0 Å². The van der Waals surface area contributed by atoms with E-state index in [2.05, 4.69) is 6.92 Å². The smallest absolute Gasteiger partial charge is 0.0631 e. The molecule has 0 spiro atoms. The van der Waals surface area contributed by atoms with E-state index in [1.807, 2.05) is 6.92 Å². The van der Waals surface area contributed by atoms with Gasteiger partial charge in [-0.1, -0.05) is 26.2 Å². The lowest BCUT2D eigenvalue weighted by molar-refractivity contribution is 0.0419. The van der Waals surface area contributed by atoms with E-state index in [0.29, 0.717) is 6.54 Å². The lowest BCUT2D eigenvalue weighted by atomic mass is 9.95. The molecule has 0 saturated carbocycles. The van der Waals surface area contributed by atoms with E-state index >= 15 is 0 Å². The maximum absolute atomic E-state index is 9.66. The summed E-state index contributed by atoms with van der Waals surface area (Å²) in [5, 5.41) is 9.66. The summed E-state index contributed by atoms with van der Waals surface area (Å²) < 4.78 is 0. The Labute approximate surface area is 69.8 Å². The Kier molecular flexibility index (Phi) is 5.51. The molecule has 0 aromatic rings. The van der Waals surface area contributed by atoms with Gasteiger partial charge in [-0.2, -0.15) is 0 Å². The van der Waals surface area contributed by atoms with Crippen molar-refractivity contribution in [2.24, 2.45) is 5.73 Å². The van der Waals surface area contributed by atoms with Gasteiger partial charge >= 0.3 is 0 Å². The first kappa shape index (κ1) is 10.9. The second-order valence-corrected chi connectivity index (χ2v) is 3.49. The Morgan fingerprint density at radius 2 is 1.91 bits per heavy atom. The van der Waals surface area contributed by atoms with E-state index in [1.165, 1.54) is 12.8 Å². The standard InChI is InChI=1S/C9H21NO/c1-3-4-5-6-9(2,11)7-8-10/h11H,3-8,10H2,1-2H3. The fourth-order valence-corrected chi connectivity index (χ4v) is 1.19. The van der Waals surface area contributed by atoms with Crippen LogP contribution >= 0.6 is 0 Å². The topological polar surface area (TPSA) is 46.2 Å². The van der Waals surface area contributed by atoms with Crippen LogP contribution < -0.4 is 5.73 Å². The quantitative estimate of drug-likeness (QED) is 0.579. The molecule has 2 nitrogen and oxygen atoms in total. The molecule has 0 aliphatic rings. The van der Waals surface area contributed by atoms with Crippen LogP contribution in [-0.4, -0.2) is 17.3 Å². The molecule has 0 amide bonds. The van der Waals surface area contributed by atoms with Gasteiger partial charge in [0.25, 0.3) is 0 Å². The van der Waals surface area contributed by atoms with Gasteiger partial charge in [0, 0.05) is 0 Å². The van der Waals surface area contributed by atoms with E-state index < -0.39 is 5.60 Å². The molecular weight excluding hydrogens is 138 g/mol. The second-order valence-electron chi connectivity index (χ2n) is 3.49. The first-order valence-corrected chi connectivity index (χ1v) is 4.55. The summed E-state index contributed by atoms with van der Waals surface area (Å²) in [4.78, 5) is 0. The van der Waals surface area contributed by atoms with Gasteiger partial charge in [0.1, 0.15) is 0 Å². The highest BCUT2D eigenvalue weighted by Crippen LogP contribution is 2.17. The second kappa shape index (κ2) is 5.56. The van der Waals surface area contributed by atoms with Gasteiger partial charge in [-0.3, -0.25) is 0 Å². The molecule has 11 heavy (non-hydrogen) atoms. The molecule has 0 radical (unpaired) electrons. The van der Waals surface area contributed by atoms with E-state index in [-0.39, 0.29) is 0 Å². The highest BCUT2D eigenvalue weighted by Gasteiger charge is 2.17. The molecule has 0 aliphatic carbocycles. The summed E-state index contributed by atoms with van der Waals surface area (Å²) in [7, 11) is 0. The molecule has 0 fully saturated rings. The molecule has 1 unspecified atom stereocenters. The maximum Gasteiger partial charge on any atom is 0.0631 e. The Morgan fingerprint density at radius 1 is 1.27 bits per heavy atom. The molecular formula is C9H21NO. The van der Waals surface area contributed by atoms with Gasteiger partial charge in [0.2, 0.25) is 0 Å². The zero-order chi connectivity index (χ0) is 8.74. The van der Waals surface area contributed by atoms with Crippen LogP contribution in [0.3, 0.4) is 0 Å². The molecule has 0 bridgehead atoms. The van der Waals surface area contributed by atoms with Crippen LogP contribution in [0.1, 0.15) is 46.0 Å². The number of unbranched alkanes of at least 4 members (excludes halogenated alkanes) is 2. The summed E-state index contributed by atoms with van der Waals surface area (Å²) in [6.45, 7) is 4.62. The van der Waals surface area contributed by atoms with Crippen molar-refractivity contribution in [3.63, 3.8) is 0 Å². The van der Waals surface area contributed by atoms with Crippen molar-refractivity contribution < 1.29 is 5.11 Å². The van der Waals surface area contributed by atoms with Gasteiger partial charge in [-0.05, 0) is 26.3 Å². The third-order valence-corrected chi connectivity index (χ3v) is 2.00.